The molecule has 0 unspecified atom stereocenters. The van der Waals surface area contributed by atoms with Crippen LogP contribution in [0.3, 0.4) is 0 Å². The lowest BCUT2D eigenvalue weighted by Gasteiger charge is -2.34. The van der Waals surface area contributed by atoms with Crippen molar-refractivity contribution in [2.24, 2.45) is 5.92 Å². The molecule has 3 heterocycles. The summed E-state index contributed by atoms with van der Waals surface area (Å²) >= 11 is 0. The molecule has 0 radical (unpaired) electrons. The Bertz CT molecular complexity index is 1010. The average molecular weight is 373 g/mol. The summed E-state index contributed by atoms with van der Waals surface area (Å²) in [4.78, 5) is 18.9. The van der Waals surface area contributed by atoms with Crippen molar-refractivity contribution in [2.45, 2.75) is 25.7 Å². The summed E-state index contributed by atoms with van der Waals surface area (Å²) in [5.74, 6) is 1.33. The monoisotopic (exact) mass is 373 g/mol. The molecule has 6 nitrogen and oxygen atoms in total. The lowest BCUT2D eigenvalue weighted by atomic mass is 9.91. The van der Waals surface area contributed by atoms with Crippen molar-refractivity contribution in [3.63, 3.8) is 0 Å². The smallest absolute Gasteiger partial charge is 0.225 e. The van der Waals surface area contributed by atoms with Crippen molar-refractivity contribution in [3.05, 3.63) is 60.4 Å². The molecule has 1 fully saturated rings. The van der Waals surface area contributed by atoms with Crippen LogP contribution in [0.25, 0.3) is 5.65 Å². The largest absolute Gasteiger partial charge is 0.370 e. The van der Waals surface area contributed by atoms with Crippen LogP contribution >= 0.6 is 0 Å². The van der Waals surface area contributed by atoms with Gasteiger partial charge in [-0.3, -0.25) is 9.20 Å². The Kier molecular flexibility index (Phi) is 5.24. The van der Waals surface area contributed by atoms with Crippen molar-refractivity contribution in [1.82, 2.24) is 9.38 Å². The Hall–Kier alpha value is -3.33. The minimum atomic E-state index is 0.0402. The van der Waals surface area contributed by atoms with Crippen LogP contribution in [0, 0.1) is 17.2 Å². The number of nitrogens with one attached hydrogen (secondary N) is 1. The number of pyridine rings is 1. The second-order valence-corrected chi connectivity index (χ2v) is 7.21. The highest BCUT2D eigenvalue weighted by Crippen LogP contribution is 2.28. The van der Waals surface area contributed by atoms with Gasteiger partial charge in [-0.1, -0.05) is 18.2 Å². The predicted octanol–water partition coefficient (Wildman–Crippen LogP) is 3.84. The molecule has 1 aromatic carbocycles. The topological polar surface area (TPSA) is 73.4 Å². The SMILES string of the molecule is N#Cc1ccccc1N1CCC(CCC(=O)Nc2cccc3nccn23)CC1. The molecule has 0 spiro atoms. The highest BCUT2D eigenvalue weighted by atomic mass is 16.1. The standard InChI is InChI=1S/C22H23N5O/c23-16-18-4-1-2-5-19(18)26-13-10-17(11-14-26)8-9-22(28)25-21-7-3-6-20-24-12-15-27(20)21/h1-7,12,15,17H,8-11,13-14H2,(H,25,28). The minimum absolute atomic E-state index is 0.0402. The third kappa shape index (κ3) is 3.84. The number of para-hydroxylation sites is 1. The minimum Gasteiger partial charge on any atom is -0.370 e. The van der Waals surface area contributed by atoms with E-state index in [1.54, 1.807) is 6.20 Å². The Morgan fingerprint density at radius 2 is 2.00 bits per heavy atom. The maximum Gasteiger partial charge on any atom is 0.225 e. The van der Waals surface area contributed by atoms with E-state index >= 15 is 0 Å². The normalized spacial score (nSPS) is 14.8. The molecule has 142 valence electrons. The van der Waals surface area contributed by atoms with E-state index in [1.165, 1.54) is 0 Å². The number of rotatable bonds is 5. The summed E-state index contributed by atoms with van der Waals surface area (Å²) in [6.07, 6.45) is 7.07. The molecule has 0 aliphatic carbocycles. The van der Waals surface area contributed by atoms with Crippen LogP contribution in [-0.4, -0.2) is 28.4 Å². The number of carbonyl (C=O) groups excluding carboxylic acids is 1. The van der Waals surface area contributed by atoms with E-state index in [0.29, 0.717) is 12.3 Å². The lowest BCUT2D eigenvalue weighted by molar-refractivity contribution is -0.116. The van der Waals surface area contributed by atoms with Gasteiger partial charge in [-0.05, 0) is 49.4 Å². The van der Waals surface area contributed by atoms with Crippen molar-refractivity contribution in [2.75, 3.05) is 23.3 Å². The first-order chi connectivity index (χ1) is 13.7. The maximum atomic E-state index is 12.4. The number of hydrogen-bond acceptors (Lipinski definition) is 4. The molecule has 28 heavy (non-hydrogen) atoms. The number of imidazole rings is 1. The van der Waals surface area contributed by atoms with E-state index in [2.05, 4.69) is 21.3 Å². The predicted molar refractivity (Wildman–Crippen MR) is 109 cm³/mol. The molecule has 1 aliphatic heterocycles. The van der Waals surface area contributed by atoms with Crippen LogP contribution in [-0.2, 0) is 4.79 Å². The molecule has 1 saturated heterocycles. The Balaban J connectivity index is 1.28. The number of nitriles is 1. The molecule has 2 aromatic heterocycles. The maximum absolute atomic E-state index is 12.4. The molecule has 1 N–H and O–H groups in total. The number of benzene rings is 1. The second-order valence-electron chi connectivity index (χ2n) is 7.21. The molecule has 0 atom stereocenters. The van der Waals surface area contributed by atoms with E-state index in [9.17, 15) is 10.1 Å². The number of nitrogens with zero attached hydrogens (tertiary/aromatic N) is 4. The Labute approximate surface area is 164 Å². The van der Waals surface area contributed by atoms with Crippen molar-refractivity contribution < 1.29 is 4.79 Å². The van der Waals surface area contributed by atoms with Gasteiger partial charge in [0.2, 0.25) is 5.91 Å². The van der Waals surface area contributed by atoms with Crippen molar-refractivity contribution in [3.8, 4) is 6.07 Å². The Morgan fingerprint density at radius 1 is 1.18 bits per heavy atom. The fourth-order valence-corrected chi connectivity index (χ4v) is 3.90. The van der Waals surface area contributed by atoms with E-state index in [1.807, 2.05) is 53.1 Å². The summed E-state index contributed by atoms with van der Waals surface area (Å²) in [5.41, 5.74) is 2.58. The number of piperidine rings is 1. The van der Waals surface area contributed by atoms with E-state index in [0.717, 1.165) is 55.1 Å². The first-order valence-corrected chi connectivity index (χ1v) is 9.70. The summed E-state index contributed by atoms with van der Waals surface area (Å²) in [5, 5.41) is 12.3. The zero-order chi connectivity index (χ0) is 19.3. The zero-order valence-corrected chi connectivity index (χ0v) is 15.7. The molecule has 6 heteroatoms. The Morgan fingerprint density at radius 3 is 2.82 bits per heavy atom. The van der Waals surface area contributed by atoms with Crippen LogP contribution in [0.1, 0.15) is 31.2 Å². The van der Waals surface area contributed by atoms with E-state index < -0.39 is 0 Å². The van der Waals surface area contributed by atoms with Gasteiger partial charge in [0.25, 0.3) is 0 Å². The van der Waals surface area contributed by atoms with Gasteiger partial charge in [0.05, 0.1) is 11.3 Å². The molecular formula is C22H23N5O. The fraction of sp³-hybridized carbons (Fsp3) is 0.318. The van der Waals surface area contributed by atoms with Crippen LogP contribution in [0.4, 0.5) is 11.5 Å². The van der Waals surface area contributed by atoms with Crippen molar-refractivity contribution in [1.29, 1.82) is 5.26 Å². The summed E-state index contributed by atoms with van der Waals surface area (Å²) in [6, 6.07) is 15.7. The highest BCUT2D eigenvalue weighted by molar-refractivity contribution is 5.90. The van der Waals surface area contributed by atoms with E-state index in [4.69, 9.17) is 0 Å². The molecule has 1 amide bonds. The molecule has 0 saturated carbocycles. The third-order valence-electron chi connectivity index (χ3n) is 5.46. The number of hydrogen-bond donors (Lipinski definition) is 1. The summed E-state index contributed by atoms with van der Waals surface area (Å²) in [7, 11) is 0. The molecule has 0 bridgehead atoms. The molecule has 1 aliphatic rings. The number of anilines is 2. The number of carbonyl (C=O) groups is 1. The average Bonchev–Trinajstić information content (AvgIpc) is 3.23. The van der Waals surface area contributed by atoms with Gasteiger partial charge in [0.15, 0.2) is 0 Å². The summed E-state index contributed by atoms with van der Waals surface area (Å²) < 4.78 is 1.88. The zero-order valence-electron chi connectivity index (χ0n) is 15.7. The summed E-state index contributed by atoms with van der Waals surface area (Å²) in [6.45, 7) is 1.86. The van der Waals surface area contributed by atoms with Gasteiger partial charge >= 0.3 is 0 Å². The fourth-order valence-electron chi connectivity index (χ4n) is 3.90. The van der Waals surface area contributed by atoms with E-state index in [-0.39, 0.29) is 5.91 Å². The molecule has 4 rings (SSSR count). The van der Waals surface area contributed by atoms with Gasteiger partial charge < -0.3 is 10.2 Å². The van der Waals surface area contributed by atoms with Crippen LogP contribution < -0.4 is 10.2 Å². The van der Waals surface area contributed by atoms with Gasteiger partial charge in [-0.15, -0.1) is 0 Å². The molecule has 3 aromatic rings. The van der Waals surface area contributed by atoms with Crippen LogP contribution in [0.2, 0.25) is 0 Å². The molecular weight excluding hydrogens is 350 g/mol. The van der Waals surface area contributed by atoms with Crippen molar-refractivity contribution >= 4 is 23.1 Å². The van der Waals surface area contributed by atoms with Gasteiger partial charge in [0, 0.05) is 31.9 Å². The van der Waals surface area contributed by atoms with Crippen LogP contribution in [0.5, 0.6) is 0 Å². The number of fused-ring (bicyclic) bond motifs is 1. The lowest BCUT2D eigenvalue weighted by Crippen LogP contribution is -2.34. The first-order valence-electron chi connectivity index (χ1n) is 9.70. The second kappa shape index (κ2) is 8.13. The first kappa shape index (κ1) is 18.1. The number of amides is 1. The highest BCUT2D eigenvalue weighted by Gasteiger charge is 2.21. The van der Waals surface area contributed by atoms with Gasteiger partial charge in [0.1, 0.15) is 17.5 Å². The third-order valence-corrected chi connectivity index (χ3v) is 5.46. The quantitative estimate of drug-likeness (QED) is 0.737. The number of aromatic nitrogens is 2. The van der Waals surface area contributed by atoms with Crippen LogP contribution in [0.15, 0.2) is 54.9 Å². The van der Waals surface area contributed by atoms with Gasteiger partial charge in [-0.2, -0.15) is 5.26 Å². The van der Waals surface area contributed by atoms with Gasteiger partial charge in [-0.25, -0.2) is 4.98 Å².